The Kier molecular flexibility index (Phi) is 4.95. The van der Waals surface area contributed by atoms with Crippen molar-refractivity contribution in [3.05, 3.63) is 57.9 Å². The Hall–Kier alpha value is -1.91. The molecule has 2 aromatic rings. The van der Waals surface area contributed by atoms with Gasteiger partial charge in [0.25, 0.3) is 5.56 Å². The Morgan fingerprint density at radius 2 is 2.07 bits per heavy atom. The smallest absolute Gasteiger partial charge is 0.255 e. The van der Waals surface area contributed by atoms with Gasteiger partial charge in [-0.25, -0.2) is 0 Å². The Morgan fingerprint density at radius 3 is 2.81 bits per heavy atom. The summed E-state index contributed by atoms with van der Waals surface area (Å²) in [5, 5.41) is 4.77. The van der Waals surface area contributed by atoms with Crippen molar-refractivity contribution in [2.75, 3.05) is 6.61 Å². The van der Waals surface area contributed by atoms with Crippen LogP contribution in [0.1, 0.15) is 49.8 Å². The average molecular weight is 367 g/mol. The molecule has 0 unspecified atom stereocenters. The molecule has 2 aliphatic rings. The number of rotatable bonds is 5. The number of benzene rings is 1. The van der Waals surface area contributed by atoms with Crippen LogP contribution in [-0.4, -0.2) is 22.8 Å². The first-order valence-corrected chi connectivity index (χ1v) is 10.1. The molecule has 1 atom stereocenters. The molecular formula is C23H30N2O2. The Balaban J connectivity index is 1.66. The Morgan fingerprint density at radius 1 is 1.30 bits per heavy atom. The predicted molar refractivity (Wildman–Crippen MR) is 110 cm³/mol. The molecule has 0 radical (unpaired) electrons. The summed E-state index contributed by atoms with van der Waals surface area (Å²) in [5.74, 6) is 0. The molecule has 1 aliphatic carbocycles. The molecule has 1 aromatic heterocycles. The Labute approximate surface area is 161 Å². The molecule has 4 rings (SSSR count). The van der Waals surface area contributed by atoms with Gasteiger partial charge in [0.2, 0.25) is 0 Å². The fraction of sp³-hybridized carbons (Fsp3) is 0.522. The maximum Gasteiger partial charge on any atom is 0.255 e. The van der Waals surface area contributed by atoms with E-state index in [-0.39, 0.29) is 11.2 Å². The van der Waals surface area contributed by atoms with Crippen LogP contribution in [0.4, 0.5) is 0 Å². The number of hydrogen-bond acceptors (Lipinski definition) is 3. The third kappa shape index (κ3) is 3.74. The van der Waals surface area contributed by atoms with E-state index in [0.29, 0.717) is 19.1 Å². The molecule has 0 spiro atoms. The van der Waals surface area contributed by atoms with Crippen molar-refractivity contribution in [1.29, 1.82) is 0 Å². The lowest BCUT2D eigenvalue weighted by molar-refractivity contribution is -0.0630. The first-order valence-electron chi connectivity index (χ1n) is 10.1. The van der Waals surface area contributed by atoms with E-state index in [2.05, 4.69) is 43.9 Å². The molecule has 4 nitrogen and oxygen atoms in total. The monoisotopic (exact) mass is 366 g/mol. The van der Waals surface area contributed by atoms with E-state index in [9.17, 15) is 4.79 Å². The fourth-order valence-corrected chi connectivity index (χ4v) is 4.61. The molecule has 144 valence electrons. The van der Waals surface area contributed by atoms with Crippen molar-refractivity contribution in [1.82, 2.24) is 9.88 Å². The van der Waals surface area contributed by atoms with Crippen molar-refractivity contribution in [3.63, 3.8) is 0 Å². The van der Waals surface area contributed by atoms with E-state index in [0.717, 1.165) is 43.4 Å². The van der Waals surface area contributed by atoms with Gasteiger partial charge in [-0.1, -0.05) is 6.08 Å². The topological polar surface area (TPSA) is 43.3 Å². The van der Waals surface area contributed by atoms with Crippen molar-refractivity contribution < 1.29 is 4.74 Å². The van der Waals surface area contributed by atoms with E-state index >= 15 is 0 Å². The van der Waals surface area contributed by atoms with Gasteiger partial charge < -0.3 is 14.6 Å². The zero-order chi connectivity index (χ0) is 19.0. The van der Waals surface area contributed by atoms with Crippen molar-refractivity contribution in [2.24, 2.45) is 0 Å². The van der Waals surface area contributed by atoms with Crippen LogP contribution in [0.3, 0.4) is 0 Å². The van der Waals surface area contributed by atoms with E-state index in [4.69, 9.17) is 4.74 Å². The first-order chi connectivity index (χ1) is 13.0. The summed E-state index contributed by atoms with van der Waals surface area (Å²) in [7, 11) is 0. The summed E-state index contributed by atoms with van der Waals surface area (Å²) in [6.07, 6.45) is 7.25. The average Bonchev–Trinajstić information content (AvgIpc) is 3.08. The number of hydrogen-bond donors (Lipinski definition) is 1. The third-order valence-corrected chi connectivity index (χ3v) is 5.97. The molecule has 1 saturated heterocycles. The predicted octanol–water partition coefficient (Wildman–Crippen LogP) is 3.72. The molecule has 0 saturated carbocycles. The van der Waals surface area contributed by atoms with Crippen molar-refractivity contribution in [2.45, 2.75) is 70.7 Å². The molecule has 27 heavy (non-hydrogen) atoms. The number of aromatic nitrogens is 1. The standard InChI is InChI=1S/C23H30N2O2/c1-4-9-25-21-13-17-7-5-6-16(17)11-18(21)12-19(22(25)26)15-24-20-8-10-27-23(2,3)14-20/h4,11-13,20,24H,1,5-10,14-15H2,2-3H3/t20-/m1/s1. The fourth-order valence-electron chi connectivity index (χ4n) is 4.61. The Bertz CT molecular complexity index is 926. The largest absolute Gasteiger partial charge is 0.375 e. The van der Waals surface area contributed by atoms with Gasteiger partial charge in [0.05, 0.1) is 11.1 Å². The van der Waals surface area contributed by atoms with Crippen LogP contribution in [0.5, 0.6) is 0 Å². The second-order valence-corrected chi connectivity index (χ2v) is 8.59. The normalized spacial score (nSPS) is 21.3. The summed E-state index contributed by atoms with van der Waals surface area (Å²) in [6.45, 7) is 10.0. The van der Waals surface area contributed by atoms with Crippen molar-refractivity contribution in [3.8, 4) is 0 Å². The molecule has 1 aromatic carbocycles. The first kappa shape index (κ1) is 18.5. The number of ether oxygens (including phenoxy) is 1. The summed E-state index contributed by atoms with van der Waals surface area (Å²) < 4.78 is 7.69. The highest BCUT2D eigenvalue weighted by Crippen LogP contribution is 2.28. The van der Waals surface area contributed by atoms with Crippen LogP contribution < -0.4 is 10.9 Å². The van der Waals surface area contributed by atoms with Gasteiger partial charge in [-0.15, -0.1) is 6.58 Å². The lowest BCUT2D eigenvalue weighted by Gasteiger charge is -2.36. The number of pyridine rings is 1. The second-order valence-electron chi connectivity index (χ2n) is 8.59. The van der Waals surface area contributed by atoms with Gasteiger partial charge >= 0.3 is 0 Å². The zero-order valence-corrected chi connectivity index (χ0v) is 16.5. The molecule has 4 heteroatoms. The van der Waals surface area contributed by atoms with Crippen LogP contribution in [0.25, 0.3) is 10.9 Å². The van der Waals surface area contributed by atoms with Crippen LogP contribution >= 0.6 is 0 Å². The van der Waals surface area contributed by atoms with E-state index in [1.165, 1.54) is 22.9 Å². The molecule has 1 fully saturated rings. The summed E-state index contributed by atoms with van der Waals surface area (Å²) >= 11 is 0. The maximum absolute atomic E-state index is 13.1. The van der Waals surface area contributed by atoms with Crippen LogP contribution in [0, 0.1) is 0 Å². The summed E-state index contributed by atoms with van der Waals surface area (Å²) in [6, 6.07) is 6.99. The second kappa shape index (κ2) is 7.25. The highest BCUT2D eigenvalue weighted by molar-refractivity contribution is 5.82. The van der Waals surface area contributed by atoms with Gasteiger partial charge in [0, 0.05) is 31.3 Å². The van der Waals surface area contributed by atoms with Crippen molar-refractivity contribution >= 4 is 10.9 Å². The molecule has 0 amide bonds. The molecule has 1 N–H and O–H groups in total. The van der Waals surface area contributed by atoms with Gasteiger partial charge in [0.15, 0.2) is 0 Å². The molecular weight excluding hydrogens is 336 g/mol. The number of nitrogens with one attached hydrogen (secondary N) is 1. The molecule has 1 aliphatic heterocycles. The SMILES string of the molecule is C=CCn1c(=O)c(CN[C@@H]2CCOC(C)(C)C2)cc2cc3c(cc21)CCC3. The number of allylic oxidation sites excluding steroid dienone is 1. The minimum atomic E-state index is -0.0943. The number of aryl methyl sites for hydroxylation is 2. The minimum Gasteiger partial charge on any atom is -0.375 e. The lowest BCUT2D eigenvalue weighted by atomic mass is 9.94. The number of fused-ring (bicyclic) bond motifs is 2. The highest BCUT2D eigenvalue weighted by atomic mass is 16.5. The van der Waals surface area contributed by atoms with E-state index in [1.54, 1.807) is 0 Å². The maximum atomic E-state index is 13.1. The summed E-state index contributed by atoms with van der Waals surface area (Å²) in [5.41, 5.74) is 4.72. The zero-order valence-electron chi connectivity index (χ0n) is 16.5. The van der Waals surface area contributed by atoms with Gasteiger partial charge in [-0.2, -0.15) is 0 Å². The minimum absolute atomic E-state index is 0.0943. The van der Waals surface area contributed by atoms with Crippen LogP contribution in [0.15, 0.2) is 35.6 Å². The van der Waals surface area contributed by atoms with Gasteiger partial charge in [0.1, 0.15) is 0 Å². The molecule has 0 bridgehead atoms. The van der Waals surface area contributed by atoms with Gasteiger partial charge in [-0.05, 0) is 80.7 Å². The van der Waals surface area contributed by atoms with E-state index in [1.807, 2.05) is 10.6 Å². The van der Waals surface area contributed by atoms with Gasteiger partial charge in [-0.3, -0.25) is 4.79 Å². The van der Waals surface area contributed by atoms with Crippen LogP contribution in [0.2, 0.25) is 0 Å². The quantitative estimate of drug-likeness (QED) is 0.820. The highest BCUT2D eigenvalue weighted by Gasteiger charge is 2.28. The third-order valence-electron chi connectivity index (χ3n) is 5.97. The van der Waals surface area contributed by atoms with E-state index < -0.39 is 0 Å². The lowest BCUT2D eigenvalue weighted by Crippen LogP contribution is -2.44. The summed E-state index contributed by atoms with van der Waals surface area (Å²) in [4.78, 5) is 13.1. The van der Waals surface area contributed by atoms with Crippen LogP contribution in [-0.2, 0) is 30.7 Å². The number of nitrogens with zero attached hydrogens (tertiary/aromatic N) is 1. The molecule has 2 heterocycles.